The molecule has 0 radical (unpaired) electrons. The van der Waals surface area contributed by atoms with E-state index >= 15 is 0 Å². The molecule has 0 spiro atoms. The molecule has 2 amide bonds. The van der Waals surface area contributed by atoms with Gasteiger partial charge in [0.05, 0.1) is 16.6 Å². The number of hydrogen-bond donors (Lipinski definition) is 2. The third-order valence-corrected chi connectivity index (χ3v) is 6.22. The van der Waals surface area contributed by atoms with Gasteiger partial charge in [-0.25, -0.2) is 0 Å². The second kappa shape index (κ2) is 7.59. The van der Waals surface area contributed by atoms with Gasteiger partial charge < -0.3 is 20.0 Å². The first-order valence-corrected chi connectivity index (χ1v) is 10.2. The maximum Gasteiger partial charge on any atom is 0.258 e. The Bertz CT molecular complexity index is 987. The summed E-state index contributed by atoms with van der Waals surface area (Å²) >= 11 is 5.95. The number of phenols is 2. The molecule has 2 saturated heterocycles. The van der Waals surface area contributed by atoms with Crippen LogP contribution in [0.25, 0.3) is 0 Å². The summed E-state index contributed by atoms with van der Waals surface area (Å²) in [5, 5.41) is 19.8. The highest BCUT2D eigenvalue weighted by Crippen LogP contribution is 2.38. The van der Waals surface area contributed by atoms with Gasteiger partial charge in [-0.05, 0) is 49.4 Å². The molecule has 0 saturated carbocycles. The number of carbonyl (C=O) groups excluding carboxylic acids is 2. The van der Waals surface area contributed by atoms with E-state index < -0.39 is 0 Å². The number of halogens is 1. The molecule has 1 unspecified atom stereocenters. The molecule has 0 aromatic heterocycles. The highest BCUT2D eigenvalue weighted by atomic mass is 35.5. The minimum absolute atomic E-state index is 0.0141. The first-order chi connectivity index (χ1) is 13.9. The number of rotatable bonds is 3. The molecule has 2 aliphatic rings. The van der Waals surface area contributed by atoms with Crippen LogP contribution in [-0.2, 0) is 0 Å². The molecule has 2 N–H and O–H groups in total. The summed E-state index contributed by atoms with van der Waals surface area (Å²) < 4.78 is 0. The fourth-order valence-electron chi connectivity index (χ4n) is 4.15. The minimum Gasteiger partial charge on any atom is -0.507 e. The topological polar surface area (TPSA) is 81.1 Å². The third kappa shape index (κ3) is 3.42. The van der Waals surface area contributed by atoms with Crippen LogP contribution in [0.3, 0.4) is 0 Å². The molecule has 0 aliphatic carbocycles. The number of nitrogens with zero attached hydrogens (tertiary/aromatic N) is 2. The number of likely N-dealkylation sites (tertiary alicyclic amines) is 2. The second-order valence-electron chi connectivity index (χ2n) is 7.64. The largest absolute Gasteiger partial charge is 0.507 e. The quantitative estimate of drug-likeness (QED) is 0.798. The summed E-state index contributed by atoms with van der Waals surface area (Å²) in [4.78, 5) is 29.4. The van der Waals surface area contributed by atoms with Crippen LogP contribution in [0.5, 0.6) is 11.5 Å². The van der Waals surface area contributed by atoms with Crippen molar-refractivity contribution in [1.29, 1.82) is 0 Å². The number of hydrogen-bond acceptors (Lipinski definition) is 4. The Morgan fingerprint density at radius 3 is 2.45 bits per heavy atom. The number of amides is 2. The van der Waals surface area contributed by atoms with Crippen LogP contribution in [0.15, 0.2) is 30.3 Å². The van der Waals surface area contributed by atoms with Gasteiger partial charge in [-0.3, -0.25) is 9.59 Å². The lowest BCUT2D eigenvalue weighted by atomic mass is 9.94. The molecular weight excluding hydrogens is 392 g/mol. The van der Waals surface area contributed by atoms with Gasteiger partial charge in [-0.1, -0.05) is 23.7 Å². The van der Waals surface area contributed by atoms with E-state index in [9.17, 15) is 19.8 Å². The molecule has 0 bridgehead atoms. The molecule has 6 nitrogen and oxygen atoms in total. The van der Waals surface area contributed by atoms with Crippen molar-refractivity contribution in [1.82, 2.24) is 9.80 Å². The van der Waals surface area contributed by atoms with E-state index in [0.29, 0.717) is 12.1 Å². The molecule has 2 fully saturated rings. The van der Waals surface area contributed by atoms with E-state index in [1.807, 2.05) is 30.0 Å². The van der Waals surface area contributed by atoms with Gasteiger partial charge in [0, 0.05) is 31.3 Å². The van der Waals surface area contributed by atoms with Crippen molar-refractivity contribution in [3.8, 4) is 11.5 Å². The standard InChI is InChI=1S/C22H23ClN2O4/c1-13-14(5-2-6-15(13)21(28)24-8-4-9-24)18-7-3-10-25(18)22(29)16-11-17(23)20(27)12-19(16)26/h2,5-6,11-12,18,26-27H,3-4,7-10H2,1H3. The van der Waals surface area contributed by atoms with Crippen LogP contribution in [0.2, 0.25) is 5.02 Å². The summed E-state index contributed by atoms with van der Waals surface area (Å²) in [6, 6.07) is 7.86. The van der Waals surface area contributed by atoms with Crippen LogP contribution in [0, 0.1) is 6.92 Å². The van der Waals surface area contributed by atoms with Gasteiger partial charge in [0.1, 0.15) is 11.5 Å². The van der Waals surface area contributed by atoms with Crippen molar-refractivity contribution in [2.75, 3.05) is 19.6 Å². The zero-order valence-corrected chi connectivity index (χ0v) is 16.9. The van der Waals surface area contributed by atoms with E-state index in [1.54, 1.807) is 4.90 Å². The second-order valence-corrected chi connectivity index (χ2v) is 8.05. The Hall–Kier alpha value is -2.73. The number of aromatic hydroxyl groups is 2. The molecule has 2 heterocycles. The molecule has 4 rings (SSSR count). The SMILES string of the molecule is Cc1c(C(=O)N2CCC2)cccc1C1CCCN1C(=O)c1cc(Cl)c(O)cc1O. The van der Waals surface area contributed by atoms with Crippen LogP contribution < -0.4 is 0 Å². The predicted molar refractivity (Wildman–Crippen MR) is 109 cm³/mol. The van der Waals surface area contributed by atoms with E-state index in [2.05, 4.69) is 0 Å². The normalized spacial score (nSPS) is 18.6. The van der Waals surface area contributed by atoms with Crippen LogP contribution in [-0.4, -0.2) is 51.5 Å². The molecule has 29 heavy (non-hydrogen) atoms. The first kappa shape index (κ1) is 19.6. The van der Waals surface area contributed by atoms with E-state index in [4.69, 9.17) is 11.6 Å². The Morgan fingerprint density at radius 1 is 1.00 bits per heavy atom. The molecule has 7 heteroatoms. The molecule has 1 atom stereocenters. The molecular formula is C22H23ClN2O4. The Balaban J connectivity index is 1.66. The Kier molecular flexibility index (Phi) is 5.13. The van der Waals surface area contributed by atoms with Gasteiger partial charge in [-0.15, -0.1) is 0 Å². The van der Waals surface area contributed by atoms with Crippen molar-refractivity contribution in [2.45, 2.75) is 32.2 Å². The van der Waals surface area contributed by atoms with Crippen molar-refractivity contribution < 1.29 is 19.8 Å². The van der Waals surface area contributed by atoms with E-state index in [0.717, 1.165) is 49.5 Å². The number of carbonyl (C=O) groups is 2. The average molecular weight is 415 g/mol. The van der Waals surface area contributed by atoms with Crippen molar-refractivity contribution >= 4 is 23.4 Å². The lowest BCUT2D eigenvalue weighted by Crippen LogP contribution is -2.42. The smallest absolute Gasteiger partial charge is 0.258 e. The van der Waals surface area contributed by atoms with Crippen molar-refractivity contribution in [3.63, 3.8) is 0 Å². The maximum atomic E-state index is 13.2. The number of phenolic OH excluding ortho intramolecular Hbond substituents is 2. The maximum absolute atomic E-state index is 13.2. The Labute approximate surface area is 174 Å². The third-order valence-electron chi connectivity index (χ3n) is 5.92. The zero-order valence-electron chi connectivity index (χ0n) is 16.2. The first-order valence-electron chi connectivity index (χ1n) is 9.79. The van der Waals surface area contributed by atoms with E-state index in [-0.39, 0.29) is 39.9 Å². The monoisotopic (exact) mass is 414 g/mol. The van der Waals surface area contributed by atoms with Gasteiger partial charge in [0.2, 0.25) is 0 Å². The fraction of sp³-hybridized carbons (Fsp3) is 0.364. The summed E-state index contributed by atoms with van der Waals surface area (Å²) in [5.74, 6) is -0.882. The minimum atomic E-state index is -0.342. The zero-order chi connectivity index (χ0) is 20.7. The predicted octanol–water partition coefficient (Wildman–Crippen LogP) is 3.88. The van der Waals surface area contributed by atoms with Gasteiger partial charge in [0.15, 0.2) is 0 Å². The summed E-state index contributed by atoms with van der Waals surface area (Å²) in [6.45, 7) is 4.05. The summed E-state index contributed by atoms with van der Waals surface area (Å²) in [6.07, 6.45) is 2.64. The van der Waals surface area contributed by atoms with Crippen molar-refractivity contribution in [3.05, 3.63) is 57.6 Å². The van der Waals surface area contributed by atoms with Gasteiger partial charge in [-0.2, -0.15) is 0 Å². The van der Waals surface area contributed by atoms with Crippen LogP contribution >= 0.6 is 11.6 Å². The Morgan fingerprint density at radius 2 is 1.76 bits per heavy atom. The highest BCUT2D eigenvalue weighted by Gasteiger charge is 2.34. The van der Waals surface area contributed by atoms with E-state index in [1.165, 1.54) is 6.07 Å². The summed E-state index contributed by atoms with van der Waals surface area (Å²) in [7, 11) is 0. The van der Waals surface area contributed by atoms with Crippen LogP contribution in [0.4, 0.5) is 0 Å². The van der Waals surface area contributed by atoms with Crippen molar-refractivity contribution in [2.24, 2.45) is 0 Å². The van der Waals surface area contributed by atoms with Gasteiger partial charge in [0.25, 0.3) is 11.8 Å². The lowest BCUT2D eigenvalue weighted by molar-refractivity contribution is 0.0651. The van der Waals surface area contributed by atoms with Gasteiger partial charge >= 0.3 is 0 Å². The highest BCUT2D eigenvalue weighted by molar-refractivity contribution is 6.32. The summed E-state index contributed by atoms with van der Waals surface area (Å²) in [5.41, 5.74) is 2.58. The molecule has 152 valence electrons. The molecule has 2 aromatic rings. The van der Waals surface area contributed by atoms with Crippen LogP contribution in [0.1, 0.15) is 57.1 Å². The fourth-order valence-corrected chi connectivity index (χ4v) is 4.31. The lowest BCUT2D eigenvalue weighted by Gasteiger charge is -2.32. The number of benzene rings is 2. The average Bonchev–Trinajstić information content (AvgIpc) is 3.12. The molecule has 2 aromatic carbocycles. The molecule has 2 aliphatic heterocycles.